The molecule has 0 saturated heterocycles. The van der Waals surface area contributed by atoms with Gasteiger partial charge in [-0.25, -0.2) is 0 Å². The van der Waals surface area contributed by atoms with Gasteiger partial charge in [0.05, 0.1) is 16.6 Å². The van der Waals surface area contributed by atoms with Crippen LogP contribution in [0.2, 0.25) is 10.0 Å². The third kappa shape index (κ3) is 2.75. The number of nitrogens with two attached hydrogens (primary N) is 1. The smallest absolute Gasteiger partial charge is 0.269 e. The highest BCUT2D eigenvalue weighted by Gasteiger charge is 2.07. The van der Waals surface area contributed by atoms with Gasteiger partial charge < -0.3 is 10.3 Å². The molecular weight excluding hydrogens is 311 g/mol. The van der Waals surface area contributed by atoms with E-state index in [4.69, 9.17) is 28.9 Å². The quantitative estimate of drug-likeness (QED) is 0.802. The van der Waals surface area contributed by atoms with E-state index in [1.165, 1.54) is 0 Å². The molecule has 0 fully saturated rings. The lowest BCUT2D eigenvalue weighted by molar-refractivity contribution is 0.0994. The standard InChI is InChI=1S/C14H11Cl2N4O/c15-10-7-9-1-3-19(13(9)8-11(10)16)5-6-20-4-2-12(18-20)14(17)21/h1,3-4,7-8H,5-6H2,(H2,17,21). The molecule has 0 aliphatic carbocycles. The Hall–Kier alpha value is -1.98. The maximum Gasteiger partial charge on any atom is 0.269 e. The van der Waals surface area contributed by atoms with Crippen LogP contribution < -0.4 is 5.73 Å². The Labute approximate surface area is 130 Å². The summed E-state index contributed by atoms with van der Waals surface area (Å²) in [5.74, 6) is -0.582. The Morgan fingerprint density at radius 2 is 2.05 bits per heavy atom. The van der Waals surface area contributed by atoms with Gasteiger partial charge >= 0.3 is 0 Å². The van der Waals surface area contributed by atoms with E-state index in [2.05, 4.69) is 11.2 Å². The molecule has 3 aromatic rings. The van der Waals surface area contributed by atoms with Crippen molar-refractivity contribution >= 4 is 40.0 Å². The lowest BCUT2D eigenvalue weighted by Crippen LogP contribution is -2.13. The zero-order valence-corrected chi connectivity index (χ0v) is 12.4. The number of aromatic nitrogens is 3. The predicted molar refractivity (Wildman–Crippen MR) is 81.5 cm³/mol. The van der Waals surface area contributed by atoms with Crippen LogP contribution in [0.1, 0.15) is 10.5 Å². The lowest BCUT2D eigenvalue weighted by atomic mass is 10.2. The fourth-order valence-electron chi connectivity index (χ4n) is 2.15. The minimum atomic E-state index is -0.582. The SMILES string of the molecule is NC(=O)c1[c]cn(CCn2ccc3cc(Cl)c(Cl)cc32)n1. The fraction of sp³-hybridized carbons (Fsp3) is 0.143. The van der Waals surface area contributed by atoms with E-state index >= 15 is 0 Å². The molecule has 1 radical (unpaired) electrons. The van der Waals surface area contributed by atoms with E-state index in [1.807, 2.05) is 29.0 Å². The molecule has 7 heteroatoms. The number of rotatable bonds is 4. The highest BCUT2D eigenvalue weighted by molar-refractivity contribution is 6.42. The molecule has 0 unspecified atom stereocenters. The van der Waals surface area contributed by atoms with Crippen molar-refractivity contribution in [3.8, 4) is 0 Å². The molecule has 0 aliphatic rings. The second-order valence-electron chi connectivity index (χ2n) is 4.58. The number of carbonyl (C=O) groups excluding carboxylic acids is 1. The Balaban J connectivity index is 1.81. The molecule has 0 atom stereocenters. The zero-order chi connectivity index (χ0) is 15.0. The Bertz CT molecular complexity index is 822. The second-order valence-corrected chi connectivity index (χ2v) is 5.40. The van der Waals surface area contributed by atoms with Crippen LogP contribution in [0.3, 0.4) is 0 Å². The Morgan fingerprint density at radius 3 is 2.76 bits per heavy atom. The van der Waals surface area contributed by atoms with Crippen molar-refractivity contribution < 1.29 is 4.79 Å². The van der Waals surface area contributed by atoms with Crippen LogP contribution in [-0.2, 0) is 13.1 Å². The topological polar surface area (TPSA) is 65.8 Å². The first kappa shape index (κ1) is 14.0. The number of aryl methyl sites for hydroxylation is 2. The Kier molecular flexibility index (Phi) is 3.61. The maximum atomic E-state index is 11.0. The van der Waals surface area contributed by atoms with Crippen LogP contribution in [0.15, 0.2) is 30.6 Å². The third-order valence-electron chi connectivity index (χ3n) is 3.20. The van der Waals surface area contributed by atoms with E-state index < -0.39 is 5.91 Å². The van der Waals surface area contributed by atoms with Gasteiger partial charge in [-0.15, -0.1) is 0 Å². The monoisotopic (exact) mass is 321 g/mol. The second kappa shape index (κ2) is 5.42. The van der Waals surface area contributed by atoms with Crippen LogP contribution in [-0.4, -0.2) is 20.3 Å². The summed E-state index contributed by atoms with van der Waals surface area (Å²) in [4.78, 5) is 11.0. The number of primary amides is 1. The van der Waals surface area contributed by atoms with Gasteiger partial charge in [0.25, 0.3) is 5.91 Å². The summed E-state index contributed by atoms with van der Waals surface area (Å²) >= 11 is 12.1. The third-order valence-corrected chi connectivity index (χ3v) is 3.92. The minimum absolute atomic E-state index is 0.141. The largest absolute Gasteiger partial charge is 0.364 e. The normalized spacial score (nSPS) is 11.1. The number of carbonyl (C=O) groups is 1. The molecule has 1 amide bonds. The molecule has 0 saturated carbocycles. The number of hydrogen-bond acceptors (Lipinski definition) is 2. The van der Waals surface area contributed by atoms with Crippen molar-refractivity contribution in [1.82, 2.24) is 14.3 Å². The molecule has 5 nitrogen and oxygen atoms in total. The van der Waals surface area contributed by atoms with Crippen molar-refractivity contribution in [2.45, 2.75) is 13.1 Å². The molecule has 107 valence electrons. The van der Waals surface area contributed by atoms with Gasteiger partial charge in [0.1, 0.15) is 0 Å². The average Bonchev–Trinajstić information content (AvgIpc) is 3.04. The van der Waals surface area contributed by atoms with Gasteiger partial charge in [-0.05, 0) is 18.2 Å². The fourth-order valence-corrected chi connectivity index (χ4v) is 2.48. The minimum Gasteiger partial charge on any atom is -0.364 e. The molecule has 21 heavy (non-hydrogen) atoms. The summed E-state index contributed by atoms with van der Waals surface area (Å²) in [5, 5.41) is 6.13. The molecule has 0 bridgehead atoms. The molecule has 2 heterocycles. The highest BCUT2D eigenvalue weighted by atomic mass is 35.5. The maximum absolute atomic E-state index is 11.0. The van der Waals surface area contributed by atoms with Gasteiger partial charge in [0.15, 0.2) is 5.69 Å². The predicted octanol–water partition coefficient (Wildman–Crippen LogP) is 2.74. The van der Waals surface area contributed by atoms with Gasteiger partial charge in [-0.2, -0.15) is 5.10 Å². The first-order valence-electron chi connectivity index (χ1n) is 6.23. The lowest BCUT2D eigenvalue weighted by Gasteiger charge is -2.06. The summed E-state index contributed by atoms with van der Waals surface area (Å²) in [5.41, 5.74) is 6.28. The van der Waals surface area contributed by atoms with E-state index in [9.17, 15) is 4.79 Å². The van der Waals surface area contributed by atoms with E-state index in [0.29, 0.717) is 23.1 Å². The molecule has 1 aromatic carbocycles. The molecule has 2 aromatic heterocycles. The van der Waals surface area contributed by atoms with Gasteiger partial charge in [-0.3, -0.25) is 9.48 Å². The van der Waals surface area contributed by atoms with Gasteiger partial charge in [-0.1, -0.05) is 23.2 Å². The summed E-state index contributed by atoms with van der Waals surface area (Å²) in [6, 6.07) is 8.36. The number of benzene rings is 1. The number of nitrogens with zero attached hydrogens (tertiary/aromatic N) is 3. The summed E-state index contributed by atoms with van der Waals surface area (Å²) in [7, 11) is 0. The van der Waals surface area contributed by atoms with Crippen LogP contribution in [0, 0.1) is 6.07 Å². The van der Waals surface area contributed by atoms with Gasteiger partial charge in [0, 0.05) is 35.9 Å². The van der Waals surface area contributed by atoms with Crippen molar-refractivity contribution in [2.75, 3.05) is 0 Å². The highest BCUT2D eigenvalue weighted by Crippen LogP contribution is 2.28. The van der Waals surface area contributed by atoms with Gasteiger partial charge in [0.2, 0.25) is 0 Å². The summed E-state index contributed by atoms with van der Waals surface area (Å²) in [6.07, 6.45) is 3.56. The molecule has 2 N–H and O–H groups in total. The average molecular weight is 322 g/mol. The van der Waals surface area contributed by atoms with Crippen LogP contribution in [0.25, 0.3) is 10.9 Å². The van der Waals surface area contributed by atoms with Crippen molar-refractivity contribution in [3.05, 3.63) is 52.4 Å². The number of amides is 1. The van der Waals surface area contributed by atoms with Crippen molar-refractivity contribution in [2.24, 2.45) is 5.73 Å². The van der Waals surface area contributed by atoms with Crippen molar-refractivity contribution in [3.63, 3.8) is 0 Å². The van der Waals surface area contributed by atoms with E-state index in [0.717, 1.165) is 10.9 Å². The van der Waals surface area contributed by atoms with Crippen LogP contribution >= 0.6 is 23.2 Å². The van der Waals surface area contributed by atoms with Crippen LogP contribution in [0.5, 0.6) is 0 Å². The molecule has 3 rings (SSSR count). The molecular formula is C14H11Cl2N4O. The number of hydrogen-bond donors (Lipinski definition) is 1. The first-order valence-corrected chi connectivity index (χ1v) is 6.99. The van der Waals surface area contributed by atoms with E-state index in [1.54, 1.807) is 10.9 Å². The summed E-state index contributed by atoms with van der Waals surface area (Å²) < 4.78 is 3.67. The first-order chi connectivity index (χ1) is 10.0. The van der Waals surface area contributed by atoms with E-state index in [-0.39, 0.29) is 5.69 Å². The number of halogens is 2. The summed E-state index contributed by atoms with van der Waals surface area (Å²) in [6.45, 7) is 1.27. The van der Waals surface area contributed by atoms with Crippen LogP contribution in [0.4, 0.5) is 0 Å². The van der Waals surface area contributed by atoms with Crippen molar-refractivity contribution in [1.29, 1.82) is 0 Å². The molecule has 0 spiro atoms. The molecule has 0 aliphatic heterocycles. The Morgan fingerprint density at radius 1 is 1.29 bits per heavy atom. The zero-order valence-electron chi connectivity index (χ0n) is 10.9. The number of fused-ring (bicyclic) bond motifs is 1.